The van der Waals surface area contributed by atoms with E-state index in [0.717, 1.165) is 12.0 Å². The summed E-state index contributed by atoms with van der Waals surface area (Å²) in [6, 6.07) is 5.58. The maximum absolute atomic E-state index is 10.9. The van der Waals surface area contributed by atoms with Gasteiger partial charge < -0.3 is 10.1 Å². The van der Waals surface area contributed by atoms with Crippen molar-refractivity contribution in [2.24, 2.45) is 5.41 Å². The molecule has 98 valence electrons. The van der Waals surface area contributed by atoms with Crippen LogP contribution in [0, 0.1) is 15.5 Å². The number of hydrogen-bond donors (Lipinski definition) is 1. The SMILES string of the molecule is COc1ccc(CNC2CC2(C)C)cc1[N+](=O)[O-]. The summed E-state index contributed by atoms with van der Waals surface area (Å²) >= 11 is 0. The molecule has 0 aliphatic heterocycles. The maximum atomic E-state index is 10.9. The molecule has 0 heterocycles. The summed E-state index contributed by atoms with van der Waals surface area (Å²) in [5, 5.41) is 14.3. The van der Waals surface area contributed by atoms with Crippen LogP contribution < -0.4 is 10.1 Å². The lowest BCUT2D eigenvalue weighted by Gasteiger charge is -2.08. The van der Waals surface area contributed by atoms with Gasteiger partial charge in [-0.1, -0.05) is 19.9 Å². The second-order valence-electron chi connectivity index (χ2n) is 5.39. The van der Waals surface area contributed by atoms with E-state index in [1.165, 1.54) is 7.11 Å². The smallest absolute Gasteiger partial charge is 0.311 e. The number of benzene rings is 1. The van der Waals surface area contributed by atoms with Crippen molar-refractivity contribution in [2.75, 3.05) is 7.11 Å². The number of nitrogens with zero attached hydrogens (tertiary/aromatic N) is 1. The molecule has 5 nitrogen and oxygen atoms in total. The van der Waals surface area contributed by atoms with Crippen LogP contribution in [0.25, 0.3) is 0 Å². The molecule has 2 rings (SSSR count). The zero-order chi connectivity index (χ0) is 13.3. The van der Waals surface area contributed by atoms with Crippen molar-refractivity contribution in [1.82, 2.24) is 5.32 Å². The Hall–Kier alpha value is -1.62. The fourth-order valence-electron chi connectivity index (χ4n) is 2.04. The summed E-state index contributed by atoms with van der Waals surface area (Å²) in [5.41, 5.74) is 1.29. The van der Waals surface area contributed by atoms with E-state index in [-0.39, 0.29) is 5.69 Å². The highest BCUT2D eigenvalue weighted by molar-refractivity contribution is 5.48. The van der Waals surface area contributed by atoms with Crippen molar-refractivity contribution in [3.63, 3.8) is 0 Å². The fraction of sp³-hybridized carbons (Fsp3) is 0.538. The molecule has 1 aliphatic rings. The van der Waals surface area contributed by atoms with E-state index in [0.29, 0.717) is 23.8 Å². The van der Waals surface area contributed by atoms with E-state index in [1.54, 1.807) is 12.1 Å². The number of ether oxygens (including phenoxy) is 1. The first kappa shape index (κ1) is 12.8. The number of nitro benzene ring substituents is 1. The van der Waals surface area contributed by atoms with E-state index in [1.807, 2.05) is 6.07 Å². The second-order valence-corrected chi connectivity index (χ2v) is 5.39. The maximum Gasteiger partial charge on any atom is 0.311 e. The molecule has 5 heteroatoms. The Morgan fingerprint density at radius 1 is 1.56 bits per heavy atom. The molecule has 0 spiro atoms. The molecule has 1 aromatic rings. The molecule has 0 aromatic heterocycles. The summed E-state index contributed by atoms with van der Waals surface area (Å²) in [7, 11) is 1.44. The first-order valence-corrected chi connectivity index (χ1v) is 5.99. The van der Waals surface area contributed by atoms with Gasteiger partial charge in [-0.2, -0.15) is 0 Å². The number of nitro groups is 1. The van der Waals surface area contributed by atoms with Crippen molar-refractivity contribution in [1.29, 1.82) is 0 Å². The topological polar surface area (TPSA) is 64.4 Å². The Kier molecular flexibility index (Phi) is 3.26. The monoisotopic (exact) mass is 250 g/mol. The average Bonchev–Trinajstić information content (AvgIpc) is 2.94. The van der Waals surface area contributed by atoms with Crippen LogP contribution in [0.3, 0.4) is 0 Å². The predicted octanol–water partition coefficient (Wildman–Crippen LogP) is 2.49. The molecule has 0 radical (unpaired) electrons. The molecule has 1 fully saturated rings. The van der Waals surface area contributed by atoms with Gasteiger partial charge in [0.15, 0.2) is 5.75 Å². The van der Waals surface area contributed by atoms with Crippen molar-refractivity contribution in [3.8, 4) is 5.75 Å². The Morgan fingerprint density at radius 3 is 2.72 bits per heavy atom. The van der Waals surface area contributed by atoms with Crippen LogP contribution in [0.4, 0.5) is 5.69 Å². The predicted molar refractivity (Wildman–Crippen MR) is 68.7 cm³/mol. The summed E-state index contributed by atoms with van der Waals surface area (Å²) < 4.78 is 4.97. The Labute approximate surface area is 106 Å². The summed E-state index contributed by atoms with van der Waals surface area (Å²) in [4.78, 5) is 10.5. The molecule has 1 aliphatic carbocycles. The molecule has 1 atom stereocenters. The van der Waals surface area contributed by atoms with Crippen LogP contribution in [0.15, 0.2) is 18.2 Å². The quantitative estimate of drug-likeness (QED) is 0.644. The molecule has 0 amide bonds. The largest absolute Gasteiger partial charge is 0.490 e. The van der Waals surface area contributed by atoms with Crippen molar-refractivity contribution in [2.45, 2.75) is 32.9 Å². The van der Waals surface area contributed by atoms with Gasteiger partial charge >= 0.3 is 5.69 Å². The fourth-order valence-corrected chi connectivity index (χ4v) is 2.04. The highest BCUT2D eigenvalue weighted by atomic mass is 16.6. The minimum absolute atomic E-state index is 0.0202. The van der Waals surface area contributed by atoms with E-state index in [9.17, 15) is 10.1 Å². The van der Waals surface area contributed by atoms with E-state index in [4.69, 9.17) is 4.74 Å². The van der Waals surface area contributed by atoms with Gasteiger partial charge in [0, 0.05) is 18.7 Å². The van der Waals surface area contributed by atoms with Gasteiger partial charge in [0.1, 0.15) is 0 Å². The third-order valence-corrected chi connectivity index (χ3v) is 3.51. The first-order chi connectivity index (χ1) is 8.44. The van der Waals surface area contributed by atoms with Crippen LogP contribution in [-0.4, -0.2) is 18.1 Å². The standard InChI is InChI=1S/C13H18N2O3/c1-13(2)7-12(13)14-8-9-4-5-11(18-3)10(6-9)15(16)17/h4-6,12,14H,7-8H2,1-3H3. The first-order valence-electron chi connectivity index (χ1n) is 5.99. The van der Waals surface area contributed by atoms with Gasteiger partial charge in [0.2, 0.25) is 0 Å². The number of rotatable bonds is 5. The third-order valence-electron chi connectivity index (χ3n) is 3.51. The van der Waals surface area contributed by atoms with Gasteiger partial charge in [-0.15, -0.1) is 0 Å². The Balaban J connectivity index is 2.05. The molecule has 0 saturated heterocycles. The zero-order valence-electron chi connectivity index (χ0n) is 10.9. The summed E-state index contributed by atoms with van der Waals surface area (Å²) in [6.07, 6.45) is 1.16. The van der Waals surface area contributed by atoms with Crippen LogP contribution in [-0.2, 0) is 6.54 Å². The van der Waals surface area contributed by atoms with Crippen molar-refractivity contribution in [3.05, 3.63) is 33.9 Å². The average molecular weight is 250 g/mol. The molecular formula is C13H18N2O3. The Bertz CT molecular complexity index is 471. The lowest BCUT2D eigenvalue weighted by molar-refractivity contribution is -0.385. The summed E-state index contributed by atoms with van der Waals surface area (Å²) in [5.74, 6) is 0.301. The zero-order valence-corrected chi connectivity index (χ0v) is 10.9. The second kappa shape index (κ2) is 4.57. The van der Waals surface area contributed by atoms with Crippen molar-refractivity contribution >= 4 is 5.69 Å². The van der Waals surface area contributed by atoms with E-state index in [2.05, 4.69) is 19.2 Å². The summed E-state index contributed by atoms with van der Waals surface area (Å²) in [6.45, 7) is 5.07. The van der Waals surface area contributed by atoms with Gasteiger partial charge in [-0.05, 0) is 23.5 Å². The molecule has 1 N–H and O–H groups in total. The van der Waals surface area contributed by atoms with Crippen LogP contribution >= 0.6 is 0 Å². The minimum atomic E-state index is -0.413. The van der Waals surface area contributed by atoms with Gasteiger partial charge in [-0.3, -0.25) is 10.1 Å². The Morgan fingerprint density at radius 2 is 2.22 bits per heavy atom. The van der Waals surface area contributed by atoms with Gasteiger partial charge in [-0.25, -0.2) is 0 Å². The minimum Gasteiger partial charge on any atom is -0.490 e. The molecular weight excluding hydrogens is 232 g/mol. The van der Waals surface area contributed by atoms with Crippen LogP contribution in [0.2, 0.25) is 0 Å². The van der Waals surface area contributed by atoms with E-state index < -0.39 is 4.92 Å². The number of hydrogen-bond acceptors (Lipinski definition) is 4. The number of methoxy groups -OCH3 is 1. The molecule has 1 unspecified atom stereocenters. The third kappa shape index (κ3) is 2.61. The molecule has 18 heavy (non-hydrogen) atoms. The van der Waals surface area contributed by atoms with Crippen LogP contribution in [0.5, 0.6) is 5.75 Å². The highest BCUT2D eigenvalue weighted by Crippen LogP contribution is 2.44. The molecule has 1 saturated carbocycles. The molecule has 0 bridgehead atoms. The van der Waals surface area contributed by atoms with Crippen LogP contribution in [0.1, 0.15) is 25.8 Å². The normalized spacial score (nSPS) is 20.5. The van der Waals surface area contributed by atoms with E-state index >= 15 is 0 Å². The molecule has 1 aromatic carbocycles. The van der Waals surface area contributed by atoms with Gasteiger partial charge in [0.05, 0.1) is 12.0 Å². The lowest BCUT2D eigenvalue weighted by atomic mass is 10.1. The lowest BCUT2D eigenvalue weighted by Crippen LogP contribution is -2.19. The number of nitrogens with one attached hydrogen (secondary N) is 1. The van der Waals surface area contributed by atoms with Gasteiger partial charge in [0.25, 0.3) is 0 Å². The highest BCUT2D eigenvalue weighted by Gasteiger charge is 2.44. The van der Waals surface area contributed by atoms with Crippen molar-refractivity contribution < 1.29 is 9.66 Å².